The van der Waals surface area contributed by atoms with Crippen molar-refractivity contribution in [3.63, 3.8) is 0 Å². The van der Waals surface area contributed by atoms with Gasteiger partial charge in [0.25, 0.3) is 0 Å². The number of hydrogen-bond acceptors (Lipinski definition) is 4. The molecule has 7 heteroatoms. The monoisotopic (exact) mass is 308 g/mol. The fourth-order valence-electron chi connectivity index (χ4n) is 2.18. The highest BCUT2D eigenvalue weighted by Gasteiger charge is 2.24. The molecule has 1 unspecified atom stereocenters. The van der Waals surface area contributed by atoms with Crippen LogP contribution in [0, 0.1) is 13.8 Å². The lowest BCUT2D eigenvalue weighted by molar-refractivity contribution is 0.539. The van der Waals surface area contributed by atoms with Gasteiger partial charge in [-0.1, -0.05) is 6.92 Å². The maximum absolute atomic E-state index is 12.6. The van der Waals surface area contributed by atoms with Gasteiger partial charge in [0.1, 0.15) is 5.82 Å². The fraction of sp³-hybridized carbons (Fsp3) is 0.357. The highest BCUT2D eigenvalue weighted by molar-refractivity contribution is 7.89. The number of nitrogens with zero attached hydrogens (tertiary/aromatic N) is 1. The highest BCUT2D eigenvalue weighted by Crippen LogP contribution is 2.24. The van der Waals surface area contributed by atoms with E-state index in [1.54, 1.807) is 25.4 Å². The van der Waals surface area contributed by atoms with Gasteiger partial charge < -0.3 is 10.7 Å². The number of hydrogen-bond donors (Lipinski definition) is 3. The summed E-state index contributed by atoms with van der Waals surface area (Å²) in [6, 6.07) is 2.85. The molecule has 0 spiro atoms. The van der Waals surface area contributed by atoms with Gasteiger partial charge in [-0.2, -0.15) is 0 Å². The van der Waals surface area contributed by atoms with Crippen molar-refractivity contribution < 1.29 is 8.42 Å². The Kier molecular flexibility index (Phi) is 4.34. The summed E-state index contributed by atoms with van der Waals surface area (Å²) in [5.74, 6) is 0.597. The number of nitrogens with one attached hydrogen (secondary N) is 2. The molecule has 1 atom stereocenters. The van der Waals surface area contributed by atoms with Gasteiger partial charge in [-0.25, -0.2) is 18.1 Å². The van der Waals surface area contributed by atoms with Crippen LogP contribution in [-0.2, 0) is 10.0 Å². The molecule has 0 saturated carbocycles. The fourth-order valence-corrected chi connectivity index (χ4v) is 3.82. The molecule has 1 aromatic carbocycles. The second-order valence-corrected chi connectivity index (χ2v) is 6.70. The number of nitrogen functional groups attached to an aromatic ring is 1. The van der Waals surface area contributed by atoms with Crippen molar-refractivity contribution in [2.24, 2.45) is 0 Å². The molecule has 0 amide bonds. The van der Waals surface area contributed by atoms with Crippen LogP contribution in [0.5, 0.6) is 0 Å². The van der Waals surface area contributed by atoms with E-state index in [0.717, 1.165) is 5.56 Å². The van der Waals surface area contributed by atoms with Gasteiger partial charge in [0.05, 0.1) is 10.9 Å². The maximum atomic E-state index is 12.6. The number of H-pyrrole nitrogens is 1. The molecule has 0 aliphatic heterocycles. The number of aromatic amines is 1. The Morgan fingerprint density at radius 1 is 1.38 bits per heavy atom. The van der Waals surface area contributed by atoms with Gasteiger partial charge in [-0.3, -0.25) is 0 Å². The van der Waals surface area contributed by atoms with Crippen LogP contribution < -0.4 is 10.5 Å². The standard InChI is InChI=1S/C14H20N4O2S/c1-4-12(14-16-5-6-17-14)18-21(19,20)13-8-11(15)7-9(2)10(13)3/h5-8,12,18H,4,15H2,1-3H3,(H,16,17). The van der Waals surface area contributed by atoms with Crippen molar-refractivity contribution in [3.8, 4) is 0 Å². The summed E-state index contributed by atoms with van der Waals surface area (Å²) in [5, 5.41) is 0. The van der Waals surface area contributed by atoms with Crippen LogP contribution in [0.15, 0.2) is 29.4 Å². The predicted octanol–water partition coefficient (Wildman–Crippen LogP) is 2.04. The predicted molar refractivity (Wildman–Crippen MR) is 82.3 cm³/mol. The minimum absolute atomic E-state index is 0.213. The zero-order valence-electron chi connectivity index (χ0n) is 12.3. The molecule has 2 aromatic rings. The van der Waals surface area contributed by atoms with E-state index in [0.29, 0.717) is 23.5 Å². The number of nitrogens with two attached hydrogens (primary N) is 1. The van der Waals surface area contributed by atoms with E-state index in [9.17, 15) is 8.42 Å². The highest BCUT2D eigenvalue weighted by atomic mass is 32.2. The number of benzene rings is 1. The Labute approximate surface area is 124 Å². The van der Waals surface area contributed by atoms with Gasteiger partial charge in [0, 0.05) is 18.1 Å². The minimum Gasteiger partial charge on any atom is -0.399 e. The first kappa shape index (κ1) is 15.5. The largest absolute Gasteiger partial charge is 0.399 e. The minimum atomic E-state index is -3.66. The summed E-state index contributed by atoms with van der Waals surface area (Å²) in [6.07, 6.45) is 3.86. The third-order valence-corrected chi connectivity index (χ3v) is 5.08. The summed E-state index contributed by atoms with van der Waals surface area (Å²) < 4.78 is 27.9. The van der Waals surface area contributed by atoms with Gasteiger partial charge in [-0.05, 0) is 43.5 Å². The topological polar surface area (TPSA) is 101 Å². The van der Waals surface area contributed by atoms with Crippen LogP contribution in [-0.4, -0.2) is 18.4 Å². The Hall–Kier alpha value is -1.86. The van der Waals surface area contributed by atoms with E-state index in [1.807, 2.05) is 13.8 Å². The van der Waals surface area contributed by atoms with Crippen molar-refractivity contribution in [2.75, 3.05) is 5.73 Å². The molecule has 6 nitrogen and oxygen atoms in total. The van der Waals surface area contributed by atoms with E-state index in [4.69, 9.17) is 5.73 Å². The van der Waals surface area contributed by atoms with Crippen LogP contribution in [0.3, 0.4) is 0 Å². The number of rotatable bonds is 5. The van der Waals surface area contributed by atoms with Gasteiger partial charge in [0.2, 0.25) is 10.0 Å². The van der Waals surface area contributed by atoms with Crippen molar-refractivity contribution in [2.45, 2.75) is 38.1 Å². The summed E-state index contributed by atoms with van der Waals surface area (Å²) in [5.41, 5.74) is 7.76. The first-order valence-electron chi connectivity index (χ1n) is 6.73. The molecule has 0 saturated heterocycles. The summed E-state index contributed by atoms with van der Waals surface area (Å²) >= 11 is 0. The van der Waals surface area contributed by atoms with Crippen molar-refractivity contribution >= 4 is 15.7 Å². The number of imidazole rings is 1. The lowest BCUT2D eigenvalue weighted by atomic mass is 10.1. The zero-order chi connectivity index (χ0) is 15.6. The molecule has 2 rings (SSSR count). The third-order valence-electron chi connectivity index (χ3n) is 3.49. The zero-order valence-corrected chi connectivity index (χ0v) is 13.2. The Balaban J connectivity index is 2.39. The number of anilines is 1. The molecule has 1 heterocycles. The number of aromatic nitrogens is 2. The van der Waals surface area contributed by atoms with E-state index in [2.05, 4.69) is 14.7 Å². The van der Waals surface area contributed by atoms with Crippen LogP contribution in [0.4, 0.5) is 5.69 Å². The quantitative estimate of drug-likeness (QED) is 0.736. The van der Waals surface area contributed by atoms with Crippen LogP contribution in [0.2, 0.25) is 0 Å². The normalized spacial score (nSPS) is 13.3. The van der Waals surface area contributed by atoms with Gasteiger partial charge in [-0.15, -0.1) is 0 Å². The first-order chi connectivity index (χ1) is 9.85. The molecule has 114 valence electrons. The lowest BCUT2D eigenvalue weighted by Gasteiger charge is -2.17. The summed E-state index contributed by atoms with van der Waals surface area (Å²) in [6.45, 7) is 5.51. The van der Waals surface area contributed by atoms with Crippen LogP contribution in [0.1, 0.15) is 36.3 Å². The van der Waals surface area contributed by atoms with Gasteiger partial charge >= 0.3 is 0 Å². The first-order valence-corrected chi connectivity index (χ1v) is 8.21. The van der Waals surface area contributed by atoms with E-state index >= 15 is 0 Å². The summed E-state index contributed by atoms with van der Waals surface area (Å²) in [4.78, 5) is 7.27. The average Bonchev–Trinajstić information content (AvgIpc) is 2.94. The Morgan fingerprint density at radius 3 is 2.67 bits per heavy atom. The van der Waals surface area contributed by atoms with Crippen molar-refractivity contribution in [1.82, 2.24) is 14.7 Å². The van der Waals surface area contributed by atoms with Crippen molar-refractivity contribution in [1.29, 1.82) is 0 Å². The molecule has 0 aliphatic rings. The molecule has 0 fully saturated rings. The summed E-state index contributed by atoms with van der Waals surface area (Å²) in [7, 11) is -3.66. The van der Waals surface area contributed by atoms with E-state index in [1.165, 1.54) is 6.07 Å². The molecule has 0 bridgehead atoms. The van der Waals surface area contributed by atoms with E-state index in [-0.39, 0.29) is 4.90 Å². The smallest absolute Gasteiger partial charge is 0.241 e. The Bertz CT molecular complexity index is 724. The lowest BCUT2D eigenvalue weighted by Crippen LogP contribution is -2.29. The van der Waals surface area contributed by atoms with E-state index < -0.39 is 16.1 Å². The molecule has 4 N–H and O–H groups in total. The second-order valence-electron chi connectivity index (χ2n) is 5.02. The molecule has 1 aromatic heterocycles. The number of aryl methyl sites for hydroxylation is 1. The SMILES string of the molecule is CCC(NS(=O)(=O)c1cc(N)cc(C)c1C)c1ncc[nH]1. The molecular formula is C14H20N4O2S. The molecule has 0 aliphatic carbocycles. The van der Waals surface area contributed by atoms with Gasteiger partial charge in [0.15, 0.2) is 0 Å². The number of sulfonamides is 1. The molecular weight excluding hydrogens is 288 g/mol. The Morgan fingerprint density at radius 2 is 2.10 bits per heavy atom. The van der Waals surface area contributed by atoms with Crippen LogP contribution in [0.25, 0.3) is 0 Å². The second kappa shape index (κ2) is 5.87. The third kappa shape index (κ3) is 3.25. The average molecular weight is 308 g/mol. The molecule has 0 radical (unpaired) electrons. The van der Waals surface area contributed by atoms with Crippen LogP contribution >= 0.6 is 0 Å². The maximum Gasteiger partial charge on any atom is 0.241 e. The molecule has 21 heavy (non-hydrogen) atoms. The van der Waals surface area contributed by atoms with Crippen molar-refractivity contribution in [3.05, 3.63) is 41.5 Å².